The summed E-state index contributed by atoms with van der Waals surface area (Å²) in [5.41, 5.74) is 6.52. The number of ether oxygens (including phenoxy) is 1. The van der Waals surface area contributed by atoms with Crippen LogP contribution in [0.5, 0.6) is 5.75 Å². The molecule has 2 N–H and O–H groups in total. The van der Waals surface area contributed by atoms with Gasteiger partial charge in [0.05, 0.1) is 17.0 Å². The summed E-state index contributed by atoms with van der Waals surface area (Å²) < 4.78 is 5.30. The molecule has 0 aliphatic heterocycles. The van der Waals surface area contributed by atoms with E-state index in [1.807, 2.05) is 30.3 Å². The minimum Gasteiger partial charge on any atom is -0.496 e. The molecule has 0 atom stereocenters. The van der Waals surface area contributed by atoms with Crippen molar-refractivity contribution in [1.82, 2.24) is 4.98 Å². The van der Waals surface area contributed by atoms with Crippen molar-refractivity contribution >= 4 is 23.4 Å². The first kappa shape index (κ1) is 13.2. The predicted octanol–water partition coefficient (Wildman–Crippen LogP) is 3.35. The number of halogens is 1. The molecule has 94 valence electrons. The maximum absolute atomic E-state index is 6.25. The highest BCUT2D eigenvalue weighted by Crippen LogP contribution is 2.37. The molecular weight excluding hydrogens is 268 g/mol. The molecule has 0 spiro atoms. The number of para-hydroxylation sites is 1. The van der Waals surface area contributed by atoms with Gasteiger partial charge in [0.15, 0.2) is 0 Å². The van der Waals surface area contributed by atoms with Crippen LogP contribution in [0.15, 0.2) is 46.5 Å². The van der Waals surface area contributed by atoms with Crippen LogP contribution in [-0.2, 0) is 6.54 Å². The Balaban J connectivity index is 2.34. The molecule has 18 heavy (non-hydrogen) atoms. The van der Waals surface area contributed by atoms with Crippen molar-refractivity contribution in [1.29, 1.82) is 0 Å². The lowest BCUT2D eigenvalue weighted by molar-refractivity contribution is 0.405. The highest BCUT2D eigenvalue weighted by molar-refractivity contribution is 7.99. The zero-order valence-corrected chi connectivity index (χ0v) is 11.5. The van der Waals surface area contributed by atoms with Gasteiger partial charge in [-0.15, -0.1) is 0 Å². The second-order valence-corrected chi connectivity index (χ2v) is 4.95. The molecule has 5 heteroatoms. The molecule has 1 heterocycles. The van der Waals surface area contributed by atoms with Gasteiger partial charge in [0.2, 0.25) is 0 Å². The van der Waals surface area contributed by atoms with Gasteiger partial charge in [0, 0.05) is 12.7 Å². The largest absolute Gasteiger partial charge is 0.496 e. The van der Waals surface area contributed by atoms with Crippen molar-refractivity contribution < 1.29 is 4.74 Å². The molecule has 0 aliphatic rings. The van der Waals surface area contributed by atoms with E-state index in [1.165, 1.54) is 11.8 Å². The highest BCUT2D eigenvalue weighted by Gasteiger charge is 2.10. The fourth-order valence-corrected chi connectivity index (χ4v) is 2.74. The lowest BCUT2D eigenvalue weighted by atomic mass is 10.3. The smallest absolute Gasteiger partial charge is 0.132 e. The zero-order valence-electron chi connectivity index (χ0n) is 9.89. The molecule has 0 amide bonds. The van der Waals surface area contributed by atoms with Crippen molar-refractivity contribution in [3.63, 3.8) is 0 Å². The maximum atomic E-state index is 6.25. The van der Waals surface area contributed by atoms with Gasteiger partial charge in [0.1, 0.15) is 10.8 Å². The molecule has 0 saturated heterocycles. The number of methoxy groups -OCH3 is 1. The van der Waals surface area contributed by atoms with E-state index in [1.54, 1.807) is 13.3 Å². The van der Waals surface area contributed by atoms with Gasteiger partial charge in [-0.2, -0.15) is 0 Å². The number of pyridine rings is 1. The summed E-state index contributed by atoms with van der Waals surface area (Å²) >= 11 is 7.72. The van der Waals surface area contributed by atoms with Gasteiger partial charge in [0.25, 0.3) is 0 Å². The summed E-state index contributed by atoms with van der Waals surface area (Å²) in [5, 5.41) is 1.35. The second-order valence-electron chi connectivity index (χ2n) is 3.55. The SMILES string of the molecule is COc1ccccc1Sc1nccc(CN)c1Cl. The number of hydrogen-bond acceptors (Lipinski definition) is 4. The van der Waals surface area contributed by atoms with Crippen LogP contribution in [-0.4, -0.2) is 12.1 Å². The van der Waals surface area contributed by atoms with Crippen molar-refractivity contribution in [2.45, 2.75) is 16.5 Å². The number of rotatable bonds is 4. The van der Waals surface area contributed by atoms with Crippen LogP contribution in [0.1, 0.15) is 5.56 Å². The first-order valence-electron chi connectivity index (χ1n) is 5.40. The van der Waals surface area contributed by atoms with Crippen molar-refractivity contribution in [3.8, 4) is 5.75 Å². The fraction of sp³-hybridized carbons (Fsp3) is 0.154. The third-order valence-corrected chi connectivity index (χ3v) is 4.03. The second kappa shape index (κ2) is 6.09. The Morgan fingerprint density at radius 1 is 1.33 bits per heavy atom. The van der Waals surface area contributed by atoms with Gasteiger partial charge in [-0.05, 0) is 23.8 Å². The minimum atomic E-state index is 0.404. The third kappa shape index (κ3) is 2.77. The third-order valence-electron chi connectivity index (χ3n) is 2.43. The Morgan fingerprint density at radius 3 is 2.83 bits per heavy atom. The number of nitrogens with zero attached hydrogens (tertiary/aromatic N) is 1. The quantitative estimate of drug-likeness (QED) is 0.933. The molecule has 2 aromatic rings. The van der Waals surface area contributed by atoms with Gasteiger partial charge in [-0.1, -0.05) is 35.5 Å². The minimum absolute atomic E-state index is 0.404. The maximum Gasteiger partial charge on any atom is 0.132 e. The number of benzene rings is 1. The molecule has 0 aliphatic carbocycles. The topological polar surface area (TPSA) is 48.1 Å². The van der Waals surface area contributed by atoms with E-state index in [2.05, 4.69) is 4.98 Å². The molecule has 0 saturated carbocycles. The summed E-state index contributed by atoms with van der Waals surface area (Å²) in [4.78, 5) is 5.25. The molecular formula is C13H13ClN2OS. The number of nitrogens with two attached hydrogens (primary N) is 1. The molecule has 2 rings (SSSR count). The molecule has 0 unspecified atom stereocenters. The van der Waals surface area contributed by atoms with Gasteiger partial charge < -0.3 is 10.5 Å². The van der Waals surface area contributed by atoms with E-state index < -0.39 is 0 Å². The summed E-state index contributed by atoms with van der Waals surface area (Å²) in [6.07, 6.45) is 1.71. The van der Waals surface area contributed by atoms with Crippen LogP contribution < -0.4 is 10.5 Å². The summed E-state index contributed by atoms with van der Waals surface area (Å²) in [6, 6.07) is 9.58. The van der Waals surface area contributed by atoms with Gasteiger partial charge >= 0.3 is 0 Å². The number of aromatic nitrogens is 1. The Bertz CT molecular complexity index is 548. The van der Waals surface area contributed by atoms with Crippen LogP contribution in [0.25, 0.3) is 0 Å². The first-order chi connectivity index (χ1) is 8.76. The lowest BCUT2D eigenvalue weighted by Gasteiger charge is -2.09. The van der Waals surface area contributed by atoms with E-state index in [4.69, 9.17) is 22.1 Å². The first-order valence-corrected chi connectivity index (χ1v) is 6.60. The summed E-state index contributed by atoms with van der Waals surface area (Å²) in [6.45, 7) is 0.404. The number of hydrogen-bond donors (Lipinski definition) is 1. The monoisotopic (exact) mass is 280 g/mol. The molecule has 0 radical (unpaired) electrons. The molecule has 1 aromatic heterocycles. The zero-order chi connectivity index (χ0) is 13.0. The Labute approximate surface area is 115 Å². The van der Waals surface area contributed by atoms with E-state index in [0.717, 1.165) is 21.2 Å². The normalized spacial score (nSPS) is 10.4. The molecule has 1 aromatic carbocycles. The van der Waals surface area contributed by atoms with Crippen molar-refractivity contribution in [2.24, 2.45) is 5.73 Å². The molecule has 0 fully saturated rings. The van der Waals surface area contributed by atoms with E-state index >= 15 is 0 Å². The van der Waals surface area contributed by atoms with Crippen LogP contribution in [0.2, 0.25) is 5.02 Å². The van der Waals surface area contributed by atoms with E-state index in [0.29, 0.717) is 11.6 Å². The molecule has 3 nitrogen and oxygen atoms in total. The molecule has 0 bridgehead atoms. The van der Waals surface area contributed by atoms with Gasteiger partial charge in [-0.3, -0.25) is 0 Å². The van der Waals surface area contributed by atoms with E-state index in [9.17, 15) is 0 Å². The van der Waals surface area contributed by atoms with Crippen LogP contribution in [0, 0.1) is 0 Å². The predicted molar refractivity (Wildman–Crippen MR) is 74.3 cm³/mol. The standard InChI is InChI=1S/C13H13ClN2OS/c1-17-10-4-2-3-5-11(10)18-13-12(14)9(8-15)6-7-16-13/h2-7H,8,15H2,1H3. The van der Waals surface area contributed by atoms with Crippen LogP contribution in [0.4, 0.5) is 0 Å². The summed E-state index contributed by atoms with van der Waals surface area (Å²) in [5.74, 6) is 0.804. The van der Waals surface area contributed by atoms with Crippen molar-refractivity contribution in [3.05, 3.63) is 47.1 Å². The van der Waals surface area contributed by atoms with Crippen LogP contribution >= 0.6 is 23.4 Å². The Morgan fingerprint density at radius 2 is 2.11 bits per heavy atom. The van der Waals surface area contributed by atoms with Gasteiger partial charge in [-0.25, -0.2) is 4.98 Å². The average molecular weight is 281 g/mol. The highest BCUT2D eigenvalue weighted by atomic mass is 35.5. The fourth-order valence-electron chi connectivity index (χ4n) is 1.50. The Kier molecular flexibility index (Phi) is 4.47. The summed E-state index contributed by atoms with van der Waals surface area (Å²) in [7, 11) is 1.64. The van der Waals surface area contributed by atoms with Crippen molar-refractivity contribution in [2.75, 3.05) is 7.11 Å². The lowest BCUT2D eigenvalue weighted by Crippen LogP contribution is -1.98. The Hall–Kier alpha value is -1.23. The van der Waals surface area contributed by atoms with Crippen LogP contribution in [0.3, 0.4) is 0 Å². The average Bonchev–Trinajstić information content (AvgIpc) is 2.42. The van der Waals surface area contributed by atoms with E-state index in [-0.39, 0.29) is 0 Å².